The molecule has 0 amide bonds. The summed E-state index contributed by atoms with van der Waals surface area (Å²) < 4.78 is 0. The van der Waals surface area contributed by atoms with Gasteiger partial charge in [-0.15, -0.1) is 0 Å². The van der Waals surface area contributed by atoms with Crippen molar-refractivity contribution in [2.45, 2.75) is 12.5 Å². The summed E-state index contributed by atoms with van der Waals surface area (Å²) in [6.07, 6.45) is 3.74. The van der Waals surface area contributed by atoms with Crippen LogP contribution >= 0.6 is 0 Å². The van der Waals surface area contributed by atoms with Gasteiger partial charge in [0, 0.05) is 17.5 Å². The molecule has 2 aromatic carbocycles. The highest BCUT2D eigenvalue weighted by molar-refractivity contribution is 5.78. The topological polar surface area (TPSA) is 33.1 Å². The Bertz CT molecular complexity index is 750. The highest BCUT2D eigenvalue weighted by Crippen LogP contribution is 2.13. The maximum Gasteiger partial charge on any atom is 0.0779 e. The van der Waals surface area contributed by atoms with Crippen LogP contribution in [0.25, 0.3) is 17.0 Å². The molecule has 1 aromatic heterocycles. The fourth-order valence-corrected chi connectivity index (χ4v) is 2.29. The van der Waals surface area contributed by atoms with Gasteiger partial charge in [-0.25, -0.2) is 0 Å². The van der Waals surface area contributed by atoms with E-state index in [4.69, 9.17) is 0 Å². The van der Waals surface area contributed by atoms with Gasteiger partial charge in [0.15, 0.2) is 0 Å². The van der Waals surface area contributed by atoms with E-state index in [1.165, 1.54) is 0 Å². The Morgan fingerprint density at radius 1 is 0.905 bits per heavy atom. The van der Waals surface area contributed by atoms with Gasteiger partial charge < -0.3 is 5.11 Å². The Morgan fingerprint density at radius 3 is 2.52 bits per heavy atom. The van der Waals surface area contributed by atoms with Gasteiger partial charge in [0.25, 0.3) is 0 Å². The number of nitrogens with zero attached hydrogens (tertiary/aromatic N) is 1. The lowest BCUT2D eigenvalue weighted by Crippen LogP contribution is -2.07. The predicted molar refractivity (Wildman–Crippen MR) is 86.9 cm³/mol. The first kappa shape index (κ1) is 13.5. The number of hydrogen-bond donors (Lipinski definition) is 1. The molecule has 1 N–H and O–H groups in total. The average Bonchev–Trinajstić information content (AvgIpc) is 2.54. The molecule has 3 rings (SSSR count). The van der Waals surface area contributed by atoms with Crippen molar-refractivity contribution in [2.24, 2.45) is 0 Å². The van der Waals surface area contributed by atoms with Crippen LogP contribution in [0.1, 0.15) is 11.3 Å². The molecule has 0 aliphatic carbocycles. The summed E-state index contributed by atoms with van der Waals surface area (Å²) >= 11 is 0. The van der Waals surface area contributed by atoms with Gasteiger partial charge in [-0.05, 0) is 17.7 Å². The predicted octanol–water partition coefficient (Wildman–Crippen LogP) is 3.85. The summed E-state index contributed by atoms with van der Waals surface area (Å²) in [6, 6.07) is 22.0. The van der Waals surface area contributed by atoms with Crippen LogP contribution in [0.4, 0.5) is 0 Å². The molecule has 3 aromatic rings. The van der Waals surface area contributed by atoms with E-state index < -0.39 is 6.10 Å². The van der Waals surface area contributed by atoms with Crippen LogP contribution in [0.3, 0.4) is 0 Å². The van der Waals surface area contributed by atoms with Crippen molar-refractivity contribution >= 4 is 17.0 Å². The second-order valence-corrected chi connectivity index (χ2v) is 5.04. The van der Waals surface area contributed by atoms with Crippen LogP contribution in [-0.2, 0) is 6.42 Å². The molecule has 21 heavy (non-hydrogen) atoms. The van der Waals surface area contributed by atoms with Gasteiger partial charge >= 0.3 is 0 Å². The van der Waals surface area contributed by atoms with E-state index in [-0.39, 0.29) is 0 Å². The minimum atomic E-state index is -0.529. The minimum absolute atomic E-state index is 0.522. The third kappa shape index (κ3) is 3.56. The monoisotopic (exact) mass is 275 g/mol. The minimum Gasteiger partial charge on any atom is -0.389 e. The van der Waals surface area contributed by atoms with Crippen molar-refractivity contribution < 1.29 is 5.11 Å². The molecule has 0 aliphatic heterocycles. The van der Waals surface area contributed by atoms with Crippen molar-refractivity contribution in [3.05, 3.63) is 84.1 Å². The Morgan fingerprint density at radius 2 is 1.67 bits per heavy atom. The van der Waals surface area contributed by atoms with Crippen LogP contribution in [0.2, 0.25) is 0 Å². The summed E-state index contributed by atoms with van der Waals surface area (Å²) in [7, 11) is 0. The first-order valence-corrected chi connectivity index (χ1v) is 7.07. The van der Waals surface area contributed by atoms with Crippen molar-refractivity contribution in [1.29, 1.82) is 0 Å². The quantitative estimate of drug-likeness (QED) is 0.784. The number of hydrogen-bond acceptors (Lipinski definition) is 2. The number of aliphatic hydroxyl groups excluding tert-OH is 1. The highest BCUT2D eigenvalue weighted by atomic mass is 16.3. The van der Waals surface area contributed by atoms with Gasteiger partial charge in [0.1, 0.15) is 0 Å². The van der Waals surface area contributed by atoms with Gasteiger partial charge in [-0.1, -0.05) is 66.7 Å². The lowest BCUT2D eigenvalue weighted by atomic mass is 10.1. The van der Waals surface area contributed by atoms with Gasteiger partial charge in [0.2, 0.25) is 0 Å². The summed E-state index contributed by atoms with van der Waals surface area (Å²) in [6.45, 7) is 0. The van der Waals surface area contributed by atoms with E-state index in [2.05, 4.69) is 4.98 Å². The molecule has 0 spiro atoms. The zero-order chi connectivity index (χ0) is 14.5. The average molecular weight is 275 g/mol. The van der Waals surface area contributed by atoms with Crippen molar-refractivity contribution in [1.82, 2.24) is 4.98 Å². The molecule has 0 saturated heterocycles. The Labute approximate surface area is 124 Å². The first-order valence-electron chi connectivity index (χ1n) is 7.07. The lowest BCUT2D eigenvalue weighted by Gasteiger charge is -2.06. The molecule has 104 valence electrons. The summed E-state index contributed by atoms with van der Waals surface area (Å²) in [4.78, 5) is 4.58. The molecule has 0 aliphatic rings. The second kappa shape index (κ2) is 6.33. The lowest BCUT2D eigenvalue weighted by molar-refractivity contribution is 0.223. The fourth-order valence-electron chi connectivity index (χ4n) is 2.29. The molecular formula is C19H17NO. The maximum atomic E-state index is 10.1. The van der Waals surface area contributed by atoms with Crippen LogP contribution in [0, 0.1) is 0 Å². The van der Waals surface area contributed by atoms with E-state index in [1.807, 2.05) is 78.9 Å². The van der Waals surface area contributed by atoms with Crippen LogP contribution in [-0.4, -0.2) is 16.2 Å². The molecule has 1 unspecified atom stereocenters. The zero-order valence-electron chi connectivity index (χ0n) is 11.7. The number of pyridine rings is 1. The molecule has 0 bridgehead atoms. The van der Waals surface area contributed by atoms with Crippen molar-refractivity contribution in [2.75, 3.05) is 0 Å². The number of fused-ring (bicyclic) bond motifs is 1. The highest BCUT2D eigenvalue weighted by Gasteiger charge is 2.04. The van der Waals surface area contributed by atoms with Crippen molar-refractivity contribution in [3.8, 4) is 0 Å². The molecule has 1 heterocycles. The molecule has 1 atom stereocenters. The standard InChI is InChI=1S/C19H17NO/c21-18(13-10-15-6-2-1-3-7-15)14-17-12-11-16-8-4-5-9-19(16)20-17/h1-13,18,21H,14H2. The van der Waals surface area contributed by atoms with E-state index in [1.54, 1.807) is 0 Å². The fraction of sp³-hybridized carbons (Fsp3) is 0.105. The zero-order valence-corrected chi connectivity index (χ0v) is 11.7. The van der Waals surface area contributed by atoms with Crippen LogP contribution in [0.15, 0.2) is 72.8 Å². The van der Waals surface area contributed by atoms with E-state index in [0.29, 0.717) is 6.42 Å². The Hall–Kier alpha value is -2.45. The number of aromatic nitrogens is 1. The number of aliphatic hydroxyl groups is 1. The van der Waals surface area contributed by atoms with Crippen LogP contribution < -0.4 is 0 Å². The normalized spacial score (nSPS) is 12.8. The van der Waals surface area contributed by atoms with E-state index in [0.717, 1.165) is 22.2 Å². The molecule has 0 saturated carbocycles. The van der Waals surface area contributed by atoms with Gasteiger partial charge in [0.05, 0.1) is 11.6 Å². The number of para-hydroxylation sites is 1. The summed E-state index contributed by atoms with van der Waals surface area (Å²) in [5, 5.41) is 11.2. The summed E-state index contributed by atoms with van der Waals surface area (Å²) in [5.41, 5.74) is 2.95. The number of rotatable bonds is 4. The third-order valence-corrected chi connectivity index (χ3v) is 3.38. The van der Waals surface area contributed by atoms with Gasteiger partial charge in [-0.3, -0.25) is 4.98 Å². The van der Waals surface area contributed by atoms with Crippen molar-refractivity contribution in [3.63, 3.8) is 0 Å². The molecular weight excluding hydrogens is 258 g/mol. The number of benzene rings is 2. The maximum absolute atomic E-state index is 10.1. The second-order valence-electron chi connectivity index (χ2n) is 5.04. The largest absolute Gasteiger partial charge is 0.389 e. The van der Waals surface area contributed by atoms with Crippen LogP contribution in [0.5, 0.6) is 0 Å². The molecule has 0 fully saturated rings. The smallest absolute Gasteiger partial charge is 0.0779 e. The Balaban J connectivity index is 1.71. The van der Waals surface area contributed by atoms with Gasteiger partial charge in [-0.2, -0.15) is 0 Å². The molecule has 2 heteroatoms. The van der Waals surface area contributed by atoms with E-state index >= 15 is 0 Å². The van der Waals surface area contributed by atoms with E-state index in [9.17, 15) is 5.11 Å². The Kier molecular flexibility index (Phi) is 4.08. The molecule has 2 nitrogen and oxygen atoms in total. The molecule has 0 radical (unpaired) electrons. The third-order valence-electron chi connectivity index (χ3n) is 3.38. The SMILES string of the molecule is OC(C=Cc1ccccc1)Cc1ccc2ccccc2n1. The summed E-state index contributed by atoms with van der Waals surface area (Å²) in [5.74, 6) is 0. The first-order chi connectivity index (χ1) is 10.3.